The van der Waals surface area contributed by atoms with E-state index in [0.29, 0.717) is 5.95 Å². The fourth-order valence-corrected chi connectivity index (χ4v) is 3.27. The van der Waals surface area contributed by atoms with Crippen molar-refractivity contribution in [2.75, 3.05) is 0 Å². The number of benzene rings is 2. The van der Waals surface area contributed by atoms with E-state index >= 15 is 0 Å². The second-order valence-electron chi connectivity index (χ2n) is 9.15. The molecule has 2 aromatic carbocycles. The topological polar surface area (TPSA) is 43.6 Å². The van der Waals surface area contributed by atoms with E-state index in [1.807, 2.05) is 0 Å². The predicted molar refractivity (Wildman–Crippen MR) is 112 cm³/mol. The molecule has 4 nitrogen and oxygen atoms in total. The van der Waals surface area contributed by atoms with E-state index in [2.05, 4.69) is 94.6 Å². The molecule has 4 heteroatoms. The van der Waals surface area contributed by atoms with Crippen molar-refractivity contribution in [3.8, 4) is 5.95 Å². The van der Waals surface area contributed by atoms with Crippen molar-refractivity contribution in [2.24, 2.45) is 0 Å². The number of hydrogen-bond donors (Lipinski definition) is 0. The zero-order valence-corrected chi connectivity index (χ0v) is 16.9. The van der Waals surface area contributed by atoms with Crippen LogP contribution in [0.3, 0.4) is 0 Å². The Kier molecular flexibility index (Phi) is 3.84. The third-order valence-corrected chi connectivity index (χ3v) is 4.75. The fourth-order valence-electron chi connectivity index (χ4n) is 3.27. The van der Waals surface area contributed by atoms with Crippen LogP contribution in [0.25, 0.3) is 27.8 Å². The van der Waals surface area contributed by atoms with Crippen LogP contribution in [0.15, 0.2) is 48.5 Å². The molecular formula is C23H26N4. The summed E-state index contributed by atoms with van der Waals surface area (Å²) >= 11 is 0. The van der Waals surface area contributed by atoms with Gasteiger partial charge >= 0.3 is 0 Å². The Hall–Kier alpha value is -2.75. The van der Waals surface area contributed by atoms with Crippen LogP contribution in [0, 0.1) is 0 Å². The Balaban J connectivity index is 2.12. The van der Waals surface area contributed by atoms with Crippen molar-refractivity contribution in [3.63, 3.8) is 0 Å². The maximum atomic E-state index is 4.90. The van der Waals surface area contributed by atoms with Crippen molar-refractivity contribution < 1.29 is 0 Å². The highest BCUT2D eigenvalue weighted by Gasteiger charge is 2.26. The lowest BCUT2D eigenvalue weighted by Gasteiger charge is -2.23. The monoisotopic (exact) mass is 358 g/mol. The third-order valence-electron chi connectivity index (χ3n) is 4.75. The quantitative estimate of drug-likeness (QED) is 0.447. The molecule has 0 amide bonds. The summed E-state index contributed by atoms with van der Waals surface area (Å²) in [6.07, 6.45) is 0. The number of rotatable bonds is 1. The first-order valence-electron chi connectivity index (χ1n) is 9.42. The van der Waals surface area contributed by atoms with Gasteiger partial charge in [-0.15, -0.1) is 0 Å². The summed E-state index contributed by atoms with van der Waals surface area (Å²) in [5, 5.41) is 2.42. The summed E-state index contributed by atoms with van der Waals surface area (Å²) in [5.74, 6) is 2.33. The second-order valence-corrected chi connectivity index (χ2v) is 9.15. The second kappa shape index (κ2) is 5.88. The average Bonchev–Trinajstić information content (AvgIpc) is 2.94. The van der Waals surface area contributed by atoms with Gasteiger partial charge in [0, 0.05) is 21.6 Å². The molecular weight excluding hydrogens is 332 g/mol. The molecule has 0 fully saturated rings. The summed E-state index contributed by atoms with van der Waals surface area (Å²) in [6.45, 7) is 12.9. The molecule has 0 aliphatic heterocycles. The van der Waals surface area contributed by atoms with E-state index in [9.17, 15) is 0 Å². The normalized spacial score (nSPS) is 12.8. The zero-order chi connectivity index (χ0) is 19.4. The predicted octanol–water partition coefficient (Wildman–Crippen LogP) is 5.56. The molecule has 2 aromatic heterocycles. The van der Waals surface area contributed by atoms with Crippen molar-refractivity contribution in [1.29, 1.82) is 0 Å². The molecule has 0 saturated heterocycles. The van der Waals surface area contributed by atoms with Crippen molar-refractivity contribution in [2.45, 2.75) is 52.4 Å². The van der Waals surface area contributed by atoms with Crippen LogP contribution in [0.2, 0.25) is 0 Å². The van der Waals surface area contributed by atoms with Crippen molar-refractivity contribution in [3.05, 3.63) is 60.2 Å². The molecule has 2 heterocycles. The highest BCUT2D eigenvalue weighted by atomic mass is 15.2. The minimum Gasteiger partial charge on any atom is -0.278 e. The summed E-state index contributed by atoms with van der Waals surface area (Å²) in [7, 11) is 0. The van der Waals surface area contributed by atoms with Gasteiger partial charge in [-0.3, -0.25) is 4.57 Å². The standard InChI is InChI=1S/C23H26N4/c1-22(2,3)19-24-20(23(4,5)6)26-21(25-19)27-17-13-9-7-11-15(17)16-12-8-10-14-18(16)27/h7-14H,1-6H3. The van der Waals surface area contributed by atoms with E-state index in [1.165, 1.54) is 10.8 Å². The largest absolute Gasteiger partial charge is 0.278 e. The van der Waals surface area contributed by atoms with Gasteiger partial charge in [-0.05, 0) is 12.1 Å². The van der Waals surface area contributed by atoms with Gasteiger partial charge in [0.25, 0.3) is 0 Å². The number of aromatic nitrogens is 4. The third kappa shape index (κ3) is 2.99. The van der Waals surface area contributed by atoms with Crippen molar-refractivity contribution >= 4 is 21.8 Å². The lowest BCUT2D eigenvalue weighted by Crippen LogP contribution is -2.25. The molecule has 0 unspecified atom stereocenters. The molecule has 0 spiro atoms. The van der Waals surface area contributed by atoms with Crippen LogP contribution in [0.1, 0.15) is 53.2 Å². The first-order valence-corrected chi connectivity index (χ1v) is 9.42. The number of para-hydroxylation sites is 2. The van der Waals surface area contributed by atoms with Gasteiger partial charge in [0.1, 0.15) is 11.6 Å². The maximum Gasteiger partial charge on any atom is 0.238 e. The first kappa shape index (κ1) is 17.7. The van der Waals surface area contributed by atoms with Gasteiger partial charge in [-0.2, -0.15) is 9.97 Å². The van der Waals surface area contributed by atoms with E-state index < -0.39 is 0 Å². The molecule has 0 atom stereocenters. The van der Waals surface area contributed by atoms with Gasteiger partial charge < -0.3 is 0 Å². The van der Waals surface area contributed by atoms with E-state index in [-0.39, 0.29) is 10.8 Å². The lowest BCUT2D eigenvalue weighted by molar-refractivity contribution is 0.493. The van der Waals surface area contributed by atoms with Gasteiger partial charge in [-0.25, -0.2) is 4.98 Å². The number of hydrogen-bond acceptors (Lipinski definition) is 3. The van der Waals surface area contributed by atoms with Gasteiger partial charge in [0.05, 0.1) is 11.0 Å². The van der Waals surface area contributed by atoms with Crippen LogP contribution in [0.4, 0.5) is 0 Å². The van der Waals surface area contributed by atoms with Gasteiger partial charge in [0.15, 0.2) is 0 Å². The Morgan fingerprint density at radius 1 is 0.593 bits per heavy atom. The van der Waals surface area contributed by atoms with Crippen LogP contribution in [-0.4, -0.2) is 19.5 Å². The fraction of sp³-hybridized carbons (Fsp3) is 0.348. The molecule has 0 aliphatic carbocycles. The average molecular weight is 358 g/mol. The van der Waals surface area contributed by atoms with E-state index in [4.69, 9.17) is 15.0 Å². The molecule has 0 aliphatic rings. The summed E-state index contributed by atoms with van der Waals surface area (Å²) in [5.41, 5.74) is 1.92. The molecule has 0 bridgehead atoms. The van der Waals surface area contributed by atoms with Gasteiger partial charge in [-0.1, -0.05) is 77.9 Å². The molecule has 4 rings (SSSR count). The van der Waals surface area contributed by atoms with Crippen LogP contribution >= 0.6 is 0 Å². The SMILES string of the molecule is CC(C)(C)c1nc(-n2c3ccccc3c3ccccc32)nc(C(C)(C)C)n1. The maximum absolute atomic E-state index is 4.90. The summed E-state index contributed by atoms with van der Waals surface area (Å²) in [4.78, 5) is 14.6. The smallest absolute Gasteiger partial charge is 0.238 e. The molecule has 0 N–H and O–H groups in total. The number of fused-ring (bicyclic) bond motifs is 3. The lowest BCUT2D eigenvalue weighted by atomic mass is 9.93. The molecule has 138 valence electrons. The molecule has 0 radical (unpaired) electrons. The Morgan fingerprint density at radius 2 is 1.00 bits per heavy atom. The number of nitrogens with zero attached hydrogens (tertiary/aromatic N) is 4. The summed E-state index contributed by atoms with van der Waals surface area (Å²) in [6, 6.07) is 16.9. The Bertz CT molecular complexity index is 1060. The molecule has 27 heavy (non-hydrogen) atoms. The van der Waals surface area contributed by atoms with Crippen LogP contribution in [-0.2, 0) is 10.8 Å². The molecule has 4 aromatic rings. The first-order chi connectivity index (χ1) is 12.7. The Morgan fingerprint density at radius 3 is 1.41 bits per heavy atom. The Labute approximate surface area is 160 Å². The highest BCUT2D eigenvalue weighted by molar-refractivity contribution is 6.08. The van der Waals surface area contributed by atoms with Crippen molar-refractivity contribution in [1.82, 2.24) is 19.5 Å². The van der Waals surface area contributed by atoms with Crippen LogP contribution < -0.4 is 0 Å². The van der Waals surface area contributed by atoms with E-state index in [0.717, 1.165) is 22.7 Å². The minimum atomic E-state index is -0.156. The minimum absolute atomic E-state index is 0.156. The van der Waals surface area contributed by atoms with E-state index in [1.54, 1.807) is 0 Å². The highest BCUT2D eigenvalue weighted by Crippen LogP contribution is 2.32. The van der Waals surface area contributed by atoms with Crippen LogP contribution in [0.5, 0.6) is 0 Å². The molecule has 0 saturated carbocycles. The summed E-state index contributed by atoms with van der Waals surface area (Å²) < 4.78 is 2.16. The zero-order valence-electron chi connectivity index (χ0n) is 16.9. The van der Waals surface area contributed by atoms with Gasteiger partial charge in [0.2, 0.25) is 5.95 Å².